The first-order valence-electron chi connectivity index (χ1n) is 3.57. The zero-order valence-corrected chi connectivity index (χ0v) is 8.47. The minimum Gasteiger partial charge on any atom is -0.508 e. The van der Waals surface area contributed by atoms with E-state index in [1.54, 1.807) is 0 Å². The zero-order chi connectivity index (χ0) is 10.0. The Bertz CT molecular complexity index is 292. The zero-order valence-electron chi connectivity index (χ0n) is 6.96. The molecule has 13 heavy (non-hydrogen) atoms. The maximum Gasteiger partial charge on any atom is 0.118 e. The fourth-order valence-electron chi connectivity index (χ4n) is 0.970. The van der Waals surface area contributed by atoms with E-state index in [1.165, 1.54) is 19.2 Å². The summed E-state index contributed by atoms with van der Waals surface area (Å²) >= 11 is 11.6. The molecule has 0 aliphatic heterocycles. The molecule has 1 aromatic carbocycles. The molecule has 3 nitrogen and oxygen atoms in total. The Balaban J connectivity index is 3.06. The summed E-state index contributed by atoms with van der Waals surface area (Å²) in [6.07, 6.45) is 0. The standard InChI is InChI=1S/C8H9Cl2NO2/c1-11(13)4-6-7(9)2-5(12)3-8(6)10/h2-3,12-13H,4H2,1H3. The first-order chi connectivity index (χ1) is 6.00. The molecular formula is C8H9Cl2NO2. The number of phenolic OH excluding ortho intramolecular Hbond substituents is 1. The number of hydroxylamine groups is 2. The van der Waals surface area contributed by atoms with E-state index in [2.05, 4.69) is 0 Å². The molecule has 0 amide bonds. The van der Waals surface area contributed by atoms with Gasteiger partial charge in [-0.2, -0.15) is 5.06 Å². The van der Waals surface area contributed by atoms with Gasteiger partial charge in [0.15, 0.2) is 0 Å². The van der Waals surface area contributed by atoms with Crippen LogP contribution in [-0.4, -0.2) is 22.4 Å². The molecule has 0 aromatic heterocycles. The summed E-state index contributed by atoms with van der Waals surface area (Å²) in [6, 6.07) is 2.76. The van der Waals surface area contributed by atoms with Gasteiger partial charge < -0.3 is 10.3 Å². The van der Waals surface area contributed by atoms with Gasteiger partial charge in [0.1, 0.15) is 5.75 Å². The number of benzene rings is 1. The van der Waals surface area contributed by atoms with Gasteiger partial charge in [0.25, 0.3) is 0 Å². The molecule has 5 heteroatoms. The van der Waals surface area contributed by atoms with Crippen LogP contribution in [0.4, 0.5) is 0 Å². The van der Waals surface area contributed by atoms with E-state index in [9.17, 15) is 0 Å². The quantitative estimate of drug-likeness (QED) is 0.755. The molecule has 0 saturated carbocycles. The van der Waals surface area contributed by atoms with Gasteiger partial charge in [0, 0.05) is 12.6 Å². The summed E-state index contributed by atoms with van der Waals surface area (Å²) in [5, 5.41) is 19.7. The molecule has 0 fully saturated rings. The topological polar surface area (TPSA) is 43.7 Å². The third-order valence-corrected chi connectivity index (χ3v) is 2.19. The van der Waals surface area contributed by atoms with E-state index >= 15 is 0 Å². The van der Waals surface area contributed by atoms with Gasteiger partial charge in [-0.05, 0) is 12.1 Å². The van der Waals surface area contributed by atoms with Crippen LogP contribution in [0.1, 0.15) is 5.56 Å². The Kier molecular flexibility index (Phi) is 3.39. The van der Waals surface area contributed by atoms with Gasteiger partial charge in [0.05, 0.1) is 16.6 Å². The van der Waals surface area contributed by atoms with E-state index in [4.69, 9.17) is 33.5 Å². The molecule has 0 spiro atoms. The summed E-state index contributed by atoms with van der Waals surface area (Å²) in [6.45, 7) is 0.220. The smallest absolute Gasteiger partial charge is 0.118 e. The van der Waals surface area contributed by atoms with Crippen molar-refractivity contribution in [3.8, 4) is 5.75 Å². The highest BCUT2D eigenvalue weighted by atomic mass is 35.5. The molecule has 0 atom stereocenters. The second-order valence-electron chi connectivity index (χ2n) is 2.70. The van der Waals surface area contributed by atoms with E-state index in [1.807, 2.05) is 0 Å². The largest absolute Gasteiger partial charge is 0.508 e. The van der Waals surface area contributed by atoms with E-state index in [0.717, 1.165) is 5.06 Å². The number of halogens is 2. The maximum absolute atomic E-state index is 9.11. The molecule has 2 N–H and O–H groups in total. The van der Waals surface area contributed by atoms with Gasteiger partial charge in [-0.15, -0.1) is 0 Å². The Morgan fingerprint density at radius 1 is 1.31 bits per heavy atom. The minimum atomic E-state index is 0.0133. The first kappa shape index (κ1) is 10.6. The van der Waals surface area contributed by atoms with E-state index < -0.39 is 0 Å². The number of nitrogens with zero attached hydrogens (tertiary/aromatic N) is 1. The molecule has 72 valence electrons. The molecule has 0 bridgehead atoms. The summed E-state index contributed by atoms with van der Waals surface area (Å²) in [5.41, 5.74) is 0.589. The van der Waals surface area contributed by atoms with Crippen molar-refractivity contribution in [3.05, 3.63) is 27.7 Å². The van der Waals surface area contributed by atoms with Gasteiger partial charge in [0.2, 0.25) is 0 Å². The third-order valence-electron chi connectivity index (χ3n) is 1.51. The third kappa shape index (κ3) is 2.74. The SMILES string of the molecule is CN(O)Cc1c(Cl)cc(O)cc1Cl. The van der Waals surface area contributed by atoms with Crippen LogP contribution in [0.25, 0.3) is 0 Å². The molecule has 1 aromatic rings. The maximum atomic E-state index is 9.11. The molecule has 0 aliphatic carbocycles. The highest BCUT2D eigenvalue weighted by Crippen LogP contribution is 2.30. The van der Waals surface area contributed by atoms with Gasteiger partial charge in [-0.25, -0.2) is 0 Å². The summed E-state index contributed by atoms with van der Waals surface area (Å²) in [7, 11) is 1.49. The van der Waals surface area contributed by atoms with Gasteiger partial charge >= 0.3 is 0 Å². The van der Waals surface area contributed by atoms with Crippen molar-refractivity contribution in [2.24, 2.45) is 0 Å². The number of rotatable bonds is 2. The summed E-state index contributed by atoms with van der Waals surface area (Å²) in [5.74, 6) is 0.0133. The van der Waals surface area contributed by atoms with Crippen LogP contribution in [0.5, 0.6) is 5.75 Å². The average molecular weight is 222 g/mol. The Morgan fingerprint density at radius 2 is 1.77 bits per heavy atom. The van der Waals surface area contributed by atoms with E-state index in [0.29, 0.717) is 15.6 Å². The highest BCUT2D eigenvalue weighted by Gasteiger charge is 2.09. The second kappa shape index (κ2) is 4.15. The highest BCUT2D eigenvalue weighted by molar-refractivity contribution is 6.36. The number of hydrogen-bond acceptors (Lipinski definition) is 3. The van der Waals surface area contributed by atoms with Crippen molar-refractivity contribution >= 4 is 23.2 Å². The Hall–Kier alpha value is -0.480. The molecule has 0 radical (unpaired) electrons. The van der Waals surface area contributed by atoms with E-state index in [-0.39, 0.29) is 12.3 Å². The lowest BCUT2D eigenvalue weighted by molar-refractivity contribution is -0.0731. The Labute approximate surface area is 86.1 Å². The predicted octanol–water partition coefficient (Wildman–Crippen LogP) is 2.52. The van der Waals surface area contributed by atoms with Crippen LogP contribution in [0, 0.1) is 0 Å². The lowest BCUT2D eigenvalue weighted by Gasteiger charge is -2.11. The van der Waals surface area contributed by atoms with Gasteiger partial charge in [-0.1, -0.05) is 23.2 Å². The second-order valence-corrected chi connectivity index (χ2v) is 3.52. The average Bonchev–Trinajstić information content (AvgIpc) is 1.96. The molecule has 0 saturated heterocycles. The predicted molar refractivity (Wildman–Crippen MR) is 51.4 cm³/mol. The summed E-state index contributed by atoms with van der Waals surface area (Å²) in [4.78, 5) is 0. The van der Waals surface area contributed by atoms with Crippen molar-refractivity contribution in [2.45, 2.75) is 6.54 Å². The lowest BCUT2D eigenvalue weighted by atomic mass is 10.2. The normalized spacial score (nSPS) is 10.8. The fraction of sp³-hybridized carbons (Fsp3) is 0.250. The summed E-state index contributed by atoms with van der Waals surface area (Å²) < 4.78 is 0. The molecule has 0 heterocycles. The van der Waals surface area contributed by atoms with Crippen LogP contribution in [-0.2, 0) is 6.54 Å². The van der Waals surface area contributed by atoms with Crippen LogP contribution in [0.15, 0.2) is 12.1 Å². The van der Waals surface area contributed by atoms with Crippen molar-refractivity contribution < 1.29 is 10.3 Å². The number of aromatic hydroxyl groups is 1. The Morgan fingerprint density at radius 3 is 2.15 bits per heavy atom. The van der Waals surface area contributed by atoms with Crippen molar-refractivity contribution in [1.29, 1.82) is 0 Å². The van der Waals surface area contributed by atoms with Crippen LogP contribution in [0.3, 0.4) is 0 Å². The van der Waals surface area contributed by atoms with Crippen molar-refractivity contribution in [2.75, 3.05) is 7.05 Å². The molecule has 1 rings (SSSR count). The van der Waals surface area contributed by atoms with Crippen LogP contribution in [0.2, 0.25) is 10.0 Å². The molecular weight excluding hydrogens is 213 g/mol. The van der Waals surface area contributed by atoms with Gasteiger partial charge in [-0.3, -0.25) is 0 Å². The van der Waals surface area contributed by atoms with Crippen molar-refractivity contribution in [1.82, 2.24) is 5.06 Å². The minimum absolute atomic E-state index is 0.0133. The number of hydrogen-bond donors (Lipinski definition) is 2. The lowest BCUT2D eigenvalue weighted by Crippen LogP contribution is -2.12. The monoisotopic (exact) mass is 221 g/mol. The molecule has 0 aliphatic rings. The molecule has 0 unspecified atom stereocenters. The first-order valence-corrected chi connectivity index (χ1v) is 4.33. The van der Waals surface area contributed by atoms with Crippen LogP contribution >= 0.6 is 23.2 Å². The number of phenols is 1. The van der Waals surface area contributed by atoms with Crippen LogP contribution < -0.4 is 0 Å². The van der Waals surface area contributed by atoms with Crippen molar-refractivity contribution in [3.63, 3.8) is 0 Å². The fourth-order valence-corrected chi connectivity index (χ4v) is 1.56.